The fourth-order valence-corrected chi connectivity index (χ4v) is 4.76. The van der Waals surface area contributed by atoms with E-state index in [4.69, 9.17) is 19.3 Å². The van der Waals surface area contributed by atoms with Gasteiger partial charge in [-0.3, -0.25) is 4.98 Å². The maximum atomic E-state index is 6.30. The Morgan fingerprint density at radius 3 is 2.35 bits per heavy atom. The number of hydrogen-bond acceptors (Lipinski definition) is 5. The first kappa shape index (κ1) is 21.4. The van der Waals surface area contributed by atoms with E-state index in [1.165, 1.54) is 0 Å². The summed E-state index contributed by atoms with van der Waals surface area (Å²) < 4.78 is 19.3. The van der Waals surface area contributed by atoms with E-state index in [0.29, 0.717) is 5.75 Å². The highest BCUT2D eigenvalue weighted by molar-refractivity contribution is 5.65. The van der Waals surface area contributed by atoms with Gasteiger partial charge >= 0.3 is 0 Å². The molecule has 6 nitrogen and oxygen atoms in total. The summed E-state index contributed by atoms with van der Waals surface area (Å²) in [5.74, 6) is 1.76. The first-order chi connectivity index (χ1) is 14.7. The topological polar surface area (TPSA) is 58.4 Å². The Labute approximate surface area is 184 Å². The van der Waals surface area contributed by atoms with Crippen LogP contribution in [0.25, 0.3) is 16.9 Å². The first-order valence-electron chi connectivity index (χ1n) is 10.6. The molecule has 2 aromatic heterocycles. The zero-order valence-corrected chi connectivity index (χ0v) is 19.2. The molecule has 0 saturated carbocycles. The number of methoxy groups -OCH3 is 2. The van der Waals surface area contributed by atoms with Crippen molar-refractivity contribution in [1.29, 1.82) is 0 Å². The third kappa shape index (κ3) is 4.44. The van der Waals surface area contributed by atoms with Gasteiger partial charge in [0.15, 0.2) is 0 Å². The van der Waals surface area contributed by atoms with Crippen LogP contribution in [0.1, 0.15) is 52.1 Å². The van der Waals surface area contributed by atoms with E-state index in [0.717, 1.165) is 41.2 Å². The van der Waals surface area contributed by atoms with Crippen molar-refractivity contribution in [2.75, 3.05) is 14.2 Å². The highest BCUT2D eigenvalue weighted by Gasteiger charge is 2.41. The molecule has 0 amide bonds. The molecule has 1 aromatic carbocycles. The van der Waals surface area contributed by atoms with Crippen molar-refractivity contribution < 1.29 is 14.2 Å². The van der Waals surface area contributed by atoms with Gasteiger partial charge in [-0.1, -0.05) is 12.1 Å². The summed E-state index contributed by atoms with van der Waals surface area (Å²) in [5.41, 5.74) is 3.41. The maximum Gasteiger partial charge on any atom is 0.144 e. The van der Waals surface area contributed by atoms with Gasteiger partial charge in [0.25, 0.3) is 0 Å². The van der Waals surface area contributed by atoms with Crippen molar-refractivity contribution in [3.8, 4) is 28.4 Å². The molecule has 3 aromatic rings. The number of para-hydroxylation sites is 2. The average Bonchev–Trinajstić information content (AvgIpc) is 3.17. The van der Waals surface area contributed by atoms with Crippen LogP contribution in [0.15, 0.2) is 48.8 Å². The summed E-state index contributed by atoms with van der Waals surface area (Å²) in [6.07, 6.45) is 5.37. The Morgan fingerprint density at radius 1 is 0.968 bits per heavy atom. The average molecular weight is 422 g/mol. The minimum atomic E-state index is -0.210. The smallest absolute Gasteiger partial charge is 0.144 e. The van der Waals surface area contributed by atoms with Crippen LogP contribution >= 0.6 is 0 Å². The van der Waals surface area contributed by atoms with E-state index in [2.05, 4.69) is 38.7 Å². The van der Waals surface area contributed by atoms with Gasteiger partial charge in [-0.2, -0.15) is 5.10 Å². The van der Waals surface area contributed by atoms with E-state index in [1.54, 1.807) is 20.4 Å². The number of aromatic nitrogens is 3. The van der Waals surface area contributed by atoms with Crippen LogP contribution in [0, 0.1) is 0 Å². The zero-order valence-electron chi connectivity index (χ0n) is 19.2. The Morgan fingerprint density at radius 2 is 1.68 bits per heavy atom. The summed E-state index contributed by atoms with van der Waals surface area (Å²) in [7, 11) is 3.33. The largest absolute Gasteiger partial charge is 0.495 e. The quantitative estimate of drug-likeness (QED) is 0.552. The number of nitrogens with zero attached hydrogens (tertiary/aromatic N) is 3. The molecule has 1 fully saturated rings. The lowest BCUT2D eigenvalue weighted by Gasteiger charge is -2.45. The van der Waals surface area contributed by atoms with E-state index >= 15 is 0 Å². The van der Waals surface area contributed by atoms with Gasteiger partial charge in [0.05, 0.1) is 43.0 Å². The molecule has 0 atom stereocenters. The first-order valence-corrected chi connectivity index (χ1v) is 10.6. The minimum absolute atomic E-state index is 0.210. The van der Waals surface area contributed by atoms with Gasteiger partial charge in [0.2, 0.25) is 0 Å². The molecule has 1 aliphatic heterocycles. The van der Waals surface area contributed by atoms with Gasteiger partial charge in [-0.05, 0) is 64.8 Å². The SMILES string of the molecule is COc1cncc(-c2cc(C3CC(C)(C)OC(C)(C)C3)nn2-c2ccccc2OC)c1. The van der Waals surface area contributed by atoms with Crippen LogP contribution in [0.3, 0.4) is 0 Å². The van der Waals surface area contributed by atoms with Crippen molar-refractivity contribution in [2.45, 2.75) is 57.7 Å². The summed E-state index contributed by atoms with van der Waals surface area (Å²) in [5, 5.41) is 5.09. The number of benzene rings is 1. The highest BCUT2D eigenvalue weighted by atomic mass is 16.5. The molecule has 0 aliphatic carbocycles. The van der Waals surface area contributed by atoms with Crippen LogP contribution in [0.4, 0.5) is 0 Å². The molecule has 0 bridgehead atoms. The Kier molecular flexibility index (Phi) is 5.52. The Hall–Kier alpha value is -2.86. The van der Waals surface area contributed by atoms with Crippen molar-refractivity contribution in [2.24, 2.45) is 0 Å². The van der Waals surface area contributed by atoms with Crippen molar-refractivity contribution in [3.05, 3.63) is 54.5 Å². The molecule has 0 spiro atoms. The van der Waals surface area contributed by atoms with E-state index in [-0.39, 0.29) is 17.1 Å². The van der Waals surface area contributed by atoms with E-state index < -0.39 is 0 Å². The second-order valence-corrected chi connectivity index (χ2v) is 9.38. The second-order valence-electron chi connectivity index (χ2n) is 9.38. The van der Waals surface area contributed by atoms with Gasteiger partial charge in [-0.15, -0.1) is 0 Å². The molecule has 6 heteroatoms. The molecule has 4 rings (SSSR count). The third-order valence-electron chi connectivity index (χ3n) is 5.73. The third-order valence-corrected chi connectivity index (χ3v) is 5.73. The molecule has 0 radical (unpaired) electrons. The van der Waals surface area contributed by atoms with Crippen molar-refractivity contribution in [1.82, 2.24) is 14.8 Å². The van der Waals surface area contributed by atoms with E-state index in [1.807, 2.05) is 41.2 Å². The molecule has 0 unspecified atom stereocenters. The van der Waals surface area contributed by atoms with Crippen LogP contribution in [0.5, 0.6) is 11.5 Å². The molecule has 0 N–H and O–H groups in total. The molecular weight excluding hydrogens is 390 g/mol. The molecule has 31 heavy (non-hydrogen) atoms. The summed E-state index contributed by atoms with van der Waals surface area (Å²) >= 11 is 0. The van der Waals surface area contributed by atoms with Crippen LogP contribution in [0.2, 0.25) is 0 Å². The molecule has 3 heterocycles. The maximum absolute atomic E-state index is 6.30. The summed E-state index contributed by atoms with van der Waals surface area (Å²) in [4.78, 5) is 4.36. The van der Waals surface area contributed by atoms with Crippen LogP contribution in [-0.4, -0.2) is 40.2 Å². The monoisotopic (exact) mass is 421 g/mol. The predicted octanol–water partition coefficient (Wildman–Crippen LogP) is 5.40. The Bertz CT molecular complexity index is 1060. The molecule has 164 valence electrons. The van der Waals surface area contributed by atoms with Crippen molar-refractivity contribution in [3.63, 3.8) is 0 Å². The van der Waals surface area contributed by atoms with Crippen LogP contribution < -0.4 is 9.47 Å². The predicted molar refractivity (Wildman–Crippen MR) is 121 cm³/mol. The molecular formula is C25H31N3O3. The number of ether oxygens (including phenoxy) is 3. The van der Waals surface area contributed by atoms with Gasteiger partial charge in [0, 0.05) is 17.7 Å². The minimum Gasteiger partial charge on any atom is -0.495 e. The number of hydrogen-bond donors (Lipinski definition) is 0. The standard InChI is InChI=1S/C25H31N3O3/c1-24(2)13-18(14-25(3,4)31-24)20-12-22(17-11-19(29-5)16-26-15-17)28(27-20)21-9-7-8-10-23(21)30-6/h7-12,15-16,18H,13-14H2,1-6H3. The lowest BCUT2D eigenvalue weighted by atomic mass is 9.79. The van der Waals surface area contributed by atoms with Gasteiger partial charge < -0.3 is 14.2 Å². The molecule has 1 aliphatic rings. The fourth-order valence-electron chi connectivity index (χ4n) is 4.76. The fraction of sp³-hybridized carbons (Fsp3) is 0.440. The Balaban J connectivity index is 1.86. The number of rotatable bonds is 5. The lowest BCUT2D eigenvalue weighted by Crippen LogP contribution is -2.44. The van der Waals surface area contributed by atoms with Gasteiger partial charge in [-0.25, -0.2) is 4.68 Å². The summed E-state index contributed by atoms with van der Waals surface area (Å²) in [6.45, 7) is 8.63. The highest BCUT2D eigenvalue weighted by Crippen LogP contribution is 2.44. The van der Waals surface area contributed by atoms with Crippen molar-refractivity contribution >= 4 is 0 Å². The van der Waals surface area contributed by atoms with E-state index in [9.17, 15) is 0 Å². The summed E-state index contributed by atoms with van der Waals surface area (Å²) in [6, 6.07) is 12.1. The second kappa shape index (κ2) is 8.00. The van der Waals surface area contributed by atoms with Crippen LogP contribution in [-0.2, 0) is 4.74 Å². The van der Waals surface area contributed by atoms with Gasteiger partial charge in [0.1, 0.15) is 17.2 Å². The lowest BCUT2D eigenvalue weighted by molar-refractivity contribution is -0.162. The normalized spacial score (nSPS) is 18.0. The number of pyridine rings is 1. The molecule has 1 saturated heterocycles. The zero-order chi connectivity index (χ0) is 22.2.